The number of aryl methyl sites for hydroxylation is 1. The van der Waals surface area contributed by atoms with E-state index in [0.717, 1.165) is 18.5 Å². The van der Waals surface area contributed by atoms with Crippen molar-refractivity contribution in [1.82, 2.24) is 35.1 Å². The number of aromatic hydroxyl groups is 1. The number of imidazole rings is 1. The number of methoxy groups -OCH3 is 2. The van der Waals surface area contributed by atoms with Gasteiger partial charge in [-0.1, -0.05) is 6.07 Å². The Morgan fingerprint density at radius 3 is 2.90 bits per heavy atom. The highest BCUT2D eigenvalue weighted by Gasteiger charge is 2.23. The fourth-order valence-corrected chi connectivity index (χ4v) is 2.89. The van der Waals surface area contributed by atoms with Crippen molar-refractivity contribution in [2.45, 2.75) is 25.6 Å². The molecule has 2 N–H and O–H groups in total. The molecule has 0 spiro atoms. The van der Waals surface area contributed by atoms with Crippen molar-refractivity contribution in [3.05, 3.63) is 48.3 Å². The van der Waals surface area contributed by atoms with Gasteiger partial charge in [-0.15, -0.1) is 5.10 Å². The third kappa shape index (κ3) is 5.08. The van der Waals surface area contributed by atoms with Crippen LogP contribution in [0.5, 0.6) is 11.5 Å². The predicted octanol–water partition coefficient (Wildman–Crippen LogP) is 0.526. The van der Waals surface area contributed by atoms with Crippen LogP contribution in [0.2, 0.25) is 0 Å². The Bertz CT molecular complexity index is 926. The molecule has 1 unspecified atom stereocenters. The fourth-order valence-electron chi connectivity index (χ4n) is 2.89. The lowest BCUT2D eigenvalue weighted by Crippen LogP contribution is -2.28. The van der Waals surface area contributed by atoms with Gasteiger partial charge in [-0.25, -0.2) is 9.67 Å². The average molecular weight is 401 g/mol. The second kappa shape index (κ2) is 9.64. The van der Waals surface area contributed by atoms with Crippen LogP contribution in [-0.4, -0.2) is 61.6 Å². The Morgan fingerprint density at radius 1 is 1.34 bits per heavy atom. The van der Waals surface area contributed by atoms with Gasteiger partial charge in [0.05, 0.1) is 26.6 Å². The summed E-state index contributed by atoms with van der Waals surface area (Å²) in [6, 6.07) is 4.61. The van der Waals surface area contributed by atoms with Crippen LogP contribution in [0, 0.1) is 0 Å². The number of hydrogen-bond donors (Lipinski definition) is 2. The molecule has 11 heteroatoms. The highest BCUT2D eigenvalue weighted by Crippen LogP contribution is 2.30. The van der Waals surface area contributed by atoms with E-state index in [2.05, 4.69) is 25.8 Å². The second-order valence-electron chi connectivity index (χ2n) is 6.24. The maximum atomic E-state index is 11.7. The van der Waals surface area contributed by atoms with Gasteiger partial charge in [0.1, 0.15) is 6.54 Å². The molecule has 0 amide bonds. The molecule has 0 aliphatic carbocycles. The Kier molecular flexibility index (Phi) is 6.74. The molecule has 0 bridgehead atoms. The van der Waals surface area contributed by atoms with Gasteiger partial charge in [-0.2, -0.15) is 0 Å². The monoisotopic (exact) mass is 401 g/mol. The first-order chi connectivity index (χ1) is 14.1. The maximum absolute atomic E-state index is 11.7. The molecule has 1 aromatic carbocycles. The average Bonchev–Trinajstić information content (AvgIpc) is 3.40. The number of ether oxygens (including phenoxy) is 2. The molecule has 1 atom stereocenters. The van der Waals surface area contributed by atoms with Gasteiger partial charge in [0, 0.05) is 18.9 Å². The number of nitrogens with zero attached hydrogens (tertiary/aromatic N) is 6. The number of esters is 1. The molecule has 0 fully saturated rings. The van der Waals surface area contributed by atoms with E-state index in [-0.39, 0.29) is 12.3 Å². The summed E-state index contributed by atoms with van der Waals surface area (Å²) in [6.07, 6.45) is 6.22. The van der Waals surface area contributed by atoms with Crippen LogP contribution < -0.4 is 10.1 Å². The number of nitrogens with one attached hydrogen (secondary N) is 1. The maximum Gasteiger partial charge on any atom is 0.327 e. The molecular weight excluding hydrogens is 378 g/mol. The minimum absolute atomic E-state index is 0.00204. The smallest absolute Gasteiger partial charge is 0.327 e. The number of phenolic OH excluding ortho intramolecular Hbond substituents is 1. The third-order valence-corrected chi connectivity index (χ3v) is 4.36. The number of tetrazole rings is 1. The Labute approximate surface area is 167 Å². The van der Waals surface area contributed by atoms with E-state index in [1.165, 1.54) is 18.9 Å². The lowest BCUT2D eigenvalue weighted by Gasteiger charge is -2.19. The van der Waals surface area contributed by atoms with E-state index >= 15 is 0 Å². The molecular formula is C18H23N7O4. The topological polar surface area (TPSA) is 129 Å². The molecule has 11 nitrogen and oxygen atoms in total. The number of benzene rings is 1. The molecule has 0 saturated heterocycles. The number of carbonyl (C=O) groups is 1. The third-order valence-electron chi connectivity index (χ3n) is 4.36. The van der Waals surface area contributed by atoms with Gasteiger partial charge in [0.25, 0.3) is 0 Å². The van der Waals surface area contributed by atoms with Gasteiger partial charge >= 0.3 is 5.97 Å². The number of rotatable bonds is 10. The lowest BCUT2D eigenvalue weighted by molar-refractivity contribution is -0.141. The van der Waals surface area contributed by atoms with Crippen molar-refractivity contribution in [1.29, 1.82) is 0 Å². The van der Waals surface area contributed by atoms with Crippen molar-refractivity contribution in [2.24, 2.45) is 0 Å². The van der Waals surface area contributed by atoms with Crippen LogP contribution in [0.3, 0.4) is 0 Å². The molecule has 3 rings (SSSR count). The highest BCUT2D eigenvalue weighted by molar-refractivity contribution is 5.68. The first kappa shape index (κ1) is 20.3. The molecule has 2 aromatic heterocycles. The summed E-state index contributed by atoms with van der Waals surface area (Å²) >= 11 is 0. The van der Waals surface area contributed by atoms with Gasteiger partial charge < -0.3 is 24.5 Å². The van der Waals surface area contributed by atoms with E-state index in [1.54, 1.807) is 24.7 Å². The zero-order valence-electron chi connectivity index (χ0n) is 16.2. The second-order valence-corrected chi connectivity index (χ2v) is 6.24. The van der Waals surface area contributed by atoms with Gasteiger partial charge in [0.2, 0.25) is 0 Å². The highest BCUT2D eigenvalue weighted by atomic mass is 16.5. The molecule has 2 heterocycles. The summed E-state index contributed by atoms with van der Waals surface area (Å²) in [5.41, 5.74) is 0.729. The molecule has 3 aromatic rings. The quantitative estimate of drug-likeness (QED) is 0.369. The van der Waals surface area contributed by atoms with Gasteiger partial charge in [0.15, 0.2) is 17.3 Å². The number of carbonyl (C=O) groups excluding carboxylic acids is 1. The van der Waals surface area contributed by atoms with E-state index in [1.807, 2.05) is 16.8 Å². The van der Waals surface area contributed by atoms with Crippen molar-refractivity contribution in [2.75, 3.05) is 20.8 Å². The Balaban J connectivity index is 1.80. The van der Waals surface area contributed by atoms with Gasteiger partial charge in [-0.3, -0.25) is 4.79 Å². The zero-order chi connectivity index (χ0) is 20.6. The Hall–Kier alpha value is -3.47. The molecule has 0 radical (unpaired) electrons. The van der Waals surface area contributed by atoms with E-state index in [9.17, 15) is 9.90 Å². The van der Waals surface area contributed by atoms with E-state index in [4.69, 9.17) is 9.47 Å². The number of aromatic nitrogens is 6. The van der Waals surface area contributed by atoms with Crippen molar-refractivity contribution in [3.8, 4) is 11.5 Å². The molecule has 0 aliphatic heterocycles. The minimum atomic E-state index is -0.463. The van der Waals surface area contributed by atoms with Crippen LogP contribution in [0.4, 0.5) is 0 Å². The Morgan fingerprint density at radius 2 is 2.21 bits per heavy atom. The summed E-state index contributed by atoms with van der Waals surface area (Å²) in [7, 11) is 2.79. The van der Waals surface area contributed by atoms with E-state index in [0.29, 0.717) is 18.1 Å². The molecule has 154 valence electrons. The fraction of sp³-hybridized carbons (Fsp3) is 0.389. The summed E-state index contributed by atoms with van der Waals surface area (Å²) in [5, 5.41) is 25.3. The van der Waals surface area contributed by atoms with Crippen LogP contribution in [-0.2, 0) is 22.6 Å². The molecule has 0 aliphatic rings. The minimum Gasteiger partial charge on any atom is -0.504 e. The van der Waals surface area contributed by atoms with Crippen LogP contribution >= 0.6 is 0 Å². The standard InChI is InChI=1S/C18H23N7O4/c1-28-15-5-4-13(10-14(15)26)17(20-6-3-8-24-9-7-19-12-24)18-21-22-23-25(18)11-16(27)29-2/h4-5,7,9-10,12,17,20,26H,3,6,8,11H2,1-2H3. The number of phenols is 1. The zero-order valence-corrected chi connectivity index (χ0v) is 16.2. The van der Waals surface area contributed by atoms with E-state index < -0.39 is 12.0 Å². The van der Waals surface area contributed by atoms with Crippen molar-refractivity contribution < 1.29 is 19.4 Å². The lowest BCUT2D eigenvalue weighted by atomic mass is 10.0. The van der Waals surface area contributed by atoms with Crippen LogP contribution in [0.25, 0.3) is 0 Å². The SMILES string of the molecule is COC(=O)Cn1nnnc1C(NCCCn1ccnc1)c1ccc(OC)c(O)c1. The summed E-state index contributed by atoms with van der Waals surface area (Å²) in [6.45, 7) is 1.32. The first-order valence-corrected chi connectivity index (χ1v) is 9.01. The summed E-state index contributed by atoms with van der Waals surface area (Å²) in [5.74, 6) is 0.335. The first-order valence-electron chi connectivity index (χ1n) is 9.01. The predicted molar refractivity (Wildman–Crippen MR) is 101 cm³/mol. The van der Waals surface area contributed by atoms with Gasteiger partial charge in [-0.05, 0) is 41.1 Å². The van der Waals surface area contributed by atoms with Crippen molar-refractivity contribution in [3.63, 3.8) is 0 Å². The van der Waals surface area contributed by atoms with Crippen molar-refractivity contribution >= 4 is 5.97 Å². The van der Waals surface area contributed by atoms with Crippen LogP contribution in [0.15, 0.2) is 36.9 Å². The molecule has 29 heavy (non-hydrogen) atoms. The normalized spacial score (nSPS) is 11.9. The number of hydrogen-bond acceptors (Lipinski definition) is 9. The summed E-state index contributed by atoms with van der Waals surface area (Å²) < 4.78 is 13.2. The van der Waals surface area contributed by atoms with Crippen LogP contribution in [0.1, 0.15) is 23.9 Å². The largest absolute Gasteiger partial charge is 0.504 e. The summed E-state index contributed by atoms with van der Waals surface area (Å²) in [4.78, 5) is 15.7. The molecule has 0 saturated carbocycles.